The molecule has 28 heavy (non-hydrogen) atoms. The van der Waals surface area contributed by atoms with Crippen molar-refractivity contribution < 1.29 is 9.72 Å². The molecule has 0 spiro atoms. The van der Waals surface area contributed by atoms with Gasteiger partial charge in [-0.05, 0) is 44.9 Å². The van der Waals surface area contributed by atoms with Crippen LogP contribution in [0.25, 0.3) is 10.9 Å². The Balaban J connectivity index is 1.67. The van der Waals surface area contributed by atoms with Crippen molar-refractivity contribution in [2.24, 2.45) is 0 Å². The van der Waals surface area contributed by atoms with Crippen LogP contribution in [0.1, 0.15) is 37.3 Å². The van der Waals surface area contributed by atoms with Crippen molar-refractivity contribution in [3.05, 3.63) is 39.6 Å². The third kappa shape index (κ3) is 3.01. The number of benzene rings is 1. The number of nitrogens with zero attached hydrogens (tertiary/aromatic N) is 3. The largest absolute Gasteiger partial charge is 0.361 e. The molecule has 2 N–H and O–H groups in total. The van der Waals surface area contributed by atoms with Crippen molar-refractivity contribution in [1.82, 2.24) is 20.1 Å². The average Bonchev–Trinajstić information content (AvgIpc) is 3.07. The summed E-state index contributed by atoms with van der Waals surface area (Å²) in [6.45, 7) is 6.08. The van der Waals surface area contributed by atoms with Gasteiger partial charge in [0.05, 0.1) is 10.4 Å². The fourth-order valence-corrected chi connectivity index (χ4v) is 4.98. The topological polar surface area (TPSA) is 94.5 Å². The number of nitrogens with one attached hydrogen (secondary N) is 2. The number of aromatic amines is 1. The van der Waals surface area contributed by atoms with Gasteiger partial charge in [-0.1, -0.05) is 0 Å². The quantitative estimate of drug-likeness (QED) is 0.625. The molecule has 8 heteroatoms. The van der Waals surface area contributed by atoms with Crippen molar-refractivity contribution >= 4 is 22.6 Å². The second-order valence-corrected chi connectivity index (χ2v) is 7.90. The number of hydrogen-bond acceptors (Lipinski definition) is 4. The molecule has 0 saturated carbocycles. The Bertz CT molecular complexity index is 920. The van der Waals surface area contributed by atoms with Crippen LogP contribution in [0.15, 0.2) is 18.3 Å². The van der Waals surface area contributed by atoms with Crippen molar-refractivity contribution in [3.63, 3.8) is 0 Å². The number of piperidine rings is 1. The Morgan fingerprint density at radius 3 is 2.82 bits per heavy atom. The number of non-ortho nitro benzene ring substituents is 1. The van der Waals surface area contributed by atoms with Gasteiger partial charge in [-0.2, -0.15) is 0 Å². The second kappa shape index (κ2) is 7.09. The van der Waals surface area contributed by atoms with Crippen LogP contribution in [0.3, 0.4) is 0 Å². The molecule has 1 aromatic carbocycles. The van der Waals surface area contributed by atoms with Crippen molar-refractivity contribution in [3.8, 4) is 0 Å². The van der Waals surface area contributed by atoms with E-state index in [4.69, 9.17) is 0 Å². The van der Waals surface area contributed by atoms with E-state index in [9.17, 15) is 14.9 Å². The number of fused-ring (bicyclic) bond motifs is 2. The van der Waals surface area contributed by atoms with E-state index in [1.54, 1.807) is 17.0 Å². The fraction of sp³-hybridized carbons (Fsp3) is 0.550. The first-order valence-corrected chi connectivity index (χ1v) is 9.96. The van der Waals surface area contributed by atoms with Gasteiger partial charge in [0.25, 0.3) is 5.69 Å². The normalized spacial score (nSPS) is 24.0. The van der Waals surface area contributed by atoms with Crippen LogP contribution in [-0.2, 0) is 6.42 Å². The van der Waals surface area contributed by atoms with Crippen molar-refractivity contribution in [2.75, 3.05) is 26.7 Å². The maximum absolute atomic E-state index is 12.5. The molecule has 4 rings (SSSR count). The second-order valence-electron chi connectivity index (χ2n) is 7.90. The lowest BCUT2D eigenvalue weighted by Gasteiger charge is -2.45. The van der Waals surface area contributed by atoms with Gasteiger partial charge in [-0.3, -0.25) is 10.1 Å². The van der Waals surface area contributed by atoms with Gasteiger partial charge < -0.3 is 20.1 Å². The molecule has 1 fully saturated rings. The zero-order valence-electron chi connectivity index (χ0n) is 16.6. The SMILES string of the molecule is CCN(CC)C(=O)N[C@@H]1CC2c3cc([N+](=O)[O-])cc4[nH]cc(c34)C[C@H]2N(C)C1. The average molecular weight is 385 g/mol. The molecule has 1 aromatic heterocycles. The summed E-state index contributed by atoms with van der Waals surface area (Å²) in [5.74, 6) is 0.159. The predicted molar refractivity (Wildman–Crippen MR) is 108 cm³/mol. The predicted octanol–water partition coefficient (Wildman–Crippen LogP) is 2.84. The van der Waals surface area contributed by atoms with Gasteiger partial charge in [0.1, 0.15) is 0 Å². The van der Waals surface area contributed by atoms with Crippen LogP contribution in [-0.4, -0.2) is 64.5 Å². The first kappa shape index (κ1) is 18.7. The van der Waals surface area contributed by atoms with Gasteiger partial charge >= 0.3 is 6.03 Å². The Morgan fingerprint density at radius 2 is 2.14 bits per heavy atom. The monoisotopic (exact) mass is 385 g/mol. The van der Waals surface area contributed by atoms with Gasteiger partial charge in [0, 0.05) is 61.4 Å². The Morgan fingerprint density at radius 1 is 1.39 bits per heavy atom. The van der Waals surface area contributed by atoms with E-state index in [0.29, 0.717) is 13.1 Å². The standard InChI is InChI=1S/C20H27N5O3/c1-4-24(5-2)20(26)22-13-7-15-16-8-14(25(27)28)9-17-19(16)12(10-21-17)6-18(15)23(3)11-13/h8-10,13,15,18,21H,4-7,11H2,1-3H3,(H,22,26)/t13-,15?,18-/m1/s1. The van der Waals surface area contributed by atoms with Crippen LogP contribution >= 0.6 is 0 Å². The molecule has 1 saturated heterocycles. The van der Waals surface area contributed by atoms with E-state index in [1.807, 2.05) is 20.0 Å². The van der Waals surface area contributed by atoms with Crippen LogP contribution < -0.4 is 5.32 Å². The lowest BCUT2D eigenvalue weighted by Crippen LogP contribution is -2.56. The minimum Gasteiger partial charge on any atom is -0.361 e. The molecule has 1 aliphatic heterocycles. The molecule has 0 bridgehead atoms. The highest BCUT2D eigenvalue weighted by Gasteiger charge is 2.40. The molecule has 2 aliphatic rings. The summed E-state index contributed by atoms with van der Waals surface area (Å²) in [6, 6.07) is 3.63. The minimum atomic E-state index is -0.327. The van der Waals surface area contributed by atoms with E-state index < -0.39 is 0 Å². The number of urea groups is 1. The highest BCUT2D eigenvalue weighted by atomic mass is 16.6. The van der Waals surface area contributed by atoms with E-state index in [1.165, 1.54) is 5.56 Å². The summed E-state index contributed by atoms with van der Waals surface area (Å²) in [6.07, 6.45) is 3.70. The van der Waals surface area contributed by atoms with E-state index in [-0.39, 0.29) is 34.6 Å². The number of likely N-dealkylation sites (N-methyl/N-ethyl adjacent to an activating group) is 1. The lowest BCUT2D eigenvalue weighted by atomic mass is 9.74. The minimum absolute atomic E-state index is 0.0224. The van der Waals surface area contributed by atoms with Gasteiger partial charge in [-0.25, -0.2) is 4.79 Å². The molecule has 3 atom stereocenters. The molecule has 0 radical (unpaired) electrons. The summed E-state index contributed by atoms with van der Waals surface area (Å²) in [7, 11) is 2.08. The number of nitro groups is 1. The zero-order chi connectivity index (χ0) is 20.0. The number of likely N-dealkylation sites (tertiary alicyclic amines) is 1. The molecule has 2 amide bonds. The Kier molecular flexibility index (Phi) is 4.74. The number of nitro benzene ring substituents is 1. The number of aromatic nitrogens is 1. The number of amides is 2. The van der Waals surface area contributed by atoms with Crippen LogP contribution in [0.2, 0.25) is 0 Å². The Labute approximate surface area is 164 Å². The number of rotatable bonds is 4. The van der Waals surface area contributed by atoms with Crippen molar-refractivity contribution in [1.29, 1.82) is 0 Å². The smallest absolute Gasteiger partial charge is 0.317 e. The third-order valence-electron chi connectivity index (χ3n) is 6.37. The first-order valence-electron chi connectivity index (χ1n) is 9.96. The molecule has 1 unspecified atom stereocenters. The molecular formula is C20H27N5O3. The molecule has 150 valence electrons. The summed E-state index contributed by atoms with van der Waals surface area (Å²) >= 11 is 0. The number of hydrogen-bond donors (Lipinski definition) is 2. The maximum Gasteiger partial charge on any atom is 0.317 e. The molecule has 2 heterocycles. The van der Waals surface area contributed by atoms with Gasteiger partial charge in [0.2, 0.25) is 0 Å². The Hall–Kier alpha value is -2.61. The van der Waals surface area contributed by atoms with Crippen molar-refractivity contribution in [2.45, 2.75) is 44.7 Å². The highest BCUT2D eigenvalue weighted by molar-refractivity contribution is 5.90. The number of H-pyrrole nitrogens is 1. The third-order valence-corrected chi connectivity index (χ3v) is 6.37. The van der Waals surface area contributed by atoms with E-state index >= 15 is 0 Å². The van der Waals surface area contributed by atoms with Gasteiger partial charge in [0.15, 0.2) is 0 Å². The number of carbonyl (C=O) groups is 1. The van der Waals surface area contributed by atoms with Gasteiger partial charge in [-0.15, -0.1) is 0 Å². The fourth-order valence-electron chi connectivity index (χ4n) is 4.98. The van der Waals surface area contributed by atoms with E-state index in [0.717, 1.165) is 35.9 Å². The van der Waals surface area contributed by atoms with Crippen LogP contribution in [0.4, 0.5) is 10.5 Å². The zero-order valence-corrected chi connectivity index (χ0v) is 16.6. The summed E-state index contributed by atoms with van der Waals surface area (Å²) in [4.78, 5) is 30.9. The molecular weight excluding hydrogens is 358 g/mol. The molecule has 8 nitrogen and oxygen atoms in total. The summed E-state index contributed by atoms with van der Waals surface area (Å²) in [5, 5.41) is 15.7. The van der Waals surface area contributed by atoms with Crippen LogP contribution in [0, 0.1) is 10.1 Å². The highest BCUT2D eigenvalue weighted by Crippen LogP contribution is 2.44. The first-order chi connectivity index (χ1) is 13.4. The number of carbonyl (C=O) groups excluding carboxylic acids is 1. The lowest BCUT2D eigenvalue weighted by molar-refractivity contribution is -0.384. The molecule has 2 aromatic rings. The summed E-state index contributed by atoms with van der Waals surface area (Å²) in [5.41, 5.74) is 3.20. The maximum atomic E-state index is 12.5. The van der Waals surface area contributed by atoms with E-state index in [2.05, 4.69) is 22.2 Å². The van der Waals surface area contributed by atoms with Crippen LogP contribution in [0.5, 0.6) is 0 Å². The molecule has 1 aliphatic carbocycles. The summed E-state index contributed by atoms with van der Waals surface area (Å²) < 4.78 is 0.